The summed E-state index contributed by atoms with van der Waals surface area (Å²) in [6, 6.07) is 9.26. The van der Waals surface area contributed by atoms with E-state index in [-0.39, 0.29) is 12.5 Å². The van der Waals surface area contributed by atoms with Gasteiger partial charge in [0, 0.05) is 16.9 Å². The predicted molar refractivity (Wildman–Crippen MR) is 77.8 cm³/mol. The number of aromatic nitrogens is 1. The lowest BCUT2D eigenvalue weighted by Crippen LogP contribution is -2.18. The van der Waals surface area contributed by atoms with Gasteiger partial charge in [-0.05, 0) is 46.6 Å². The van der Waals surface area contributed by atoms with Crippen molar-refractivity contribution in [3.8, 4) is 0 Å². The summed E-state index contributed by atoms with van der Waals surface area (Å²) in [6.07, 6.45) is 3.03. The summed E-state index contributed by atoms with van der Waals surface area (Å²) in [5, 5.41) is 12.3. The molecule has 0 saturated heterocycles. The third kappa shape index (κ3) is 3.68. The SMILES string of the molecule is CC(O)c1ccn(CC(=O)Nc2ccccc2Br)c1. The molecule has 1 atom stereocenters. The van der Waals surface area contributed by atoms with Gasteiger partial charge >= 0.3 is 0 Å². The van der Waals surface area contributed by atoms with E-state index in [4.69, 9.17) is 0 Å². The van der Waals surface area contributed by atoms with Gasteiger partial charge < -0.3 is 15.0 Å². The van der Waals surface area contributed by atoms with Crippen molar-refractivity contribution in [2.45, 2.75) is 19.6 Å². The minimum absolute atomic E-state index is 0.111. The maximum Gasteiger partial charge on any atom is 0.244 e. The molecule has 100 valence electrons. The third-order valence-electron chi connectivity index (χ3n) is 2.73. The number of benzene rings is 1. The topological polar surface area (TPSA) is 54.3 Å². The number of anilines is 1. The number of nitrogens with zero attached hydrogens (tertiary/aromatic N) is 1. The van der Waals surface area contributed by atoms with Crippen molar-refractivity contribution in [1.82, 2.24) is 4.57 Å². The highest BCUT2D eigenvalue weighted by Crippen LogP contribution is 2.21. The van der Waals surface area contributed by atoms with Gasteiger partial charge in [-0.3, -0.25) is 4.79 Å². The fourth-order valence-electron chi connectivity index (χ4n) is 1.72. The van der Waals surface area contributed by atoms with Crippen LogP contribution in [0.15, 0.2) is 47.2 Å². The van der Waals surface area contributed by atoms with Crippen molar-refractivity contribution in [3.63, 3.8) is 0 Å². The molecule has 0 aliphatic heterocycles. The van der Waals surface area contributed by atoms with Crippen LogP contribution in [0.1, 0.15) is 18.6 Å². The highest BCUT2D eigenvalue weighted by Gasteiger charge is 2.07. The minimum atomic E-state index is -0.521. The van der Waals surface area contributed by atoms with E-state index >= 15 is 0 Å². The summed E-state index contributed by atoms with van der Waals surface area (Å²) in [5.41, 5.74) is 1.55. The minimum Gasteiger partial charge on any atom is -0.389 e. The first-order valence-corrected chi connectivity index (χ1v) is 6.73. The van der Waals surface area contributed by atoms with Crippen molar-refractivity contribution in [2.24, 2.45) is 0 Å². The first-order valence-electron chi connectivity index (χ1n) is 5.94. The molecule has 0 aliphatic rings. The Bertz CT molecular complexity index is 578. The number of para-hydroxylation sites is 1. The normalized spacial score (nSPS) is 12.2. The Morgan fingerprint density at radius 3 is 2.79 bits per heavy atom. The molecule has 5 heteroatoms. The predicted octanol–water partition coefficient (Wildman–Crippen LogP) is 2.94. The average Bonchev–Trinajstić information content (AvgIpc) is 2.80. The van der Waals surface area contributed by atoms with Crippen molar-refractivity contribution >= 4 is 27.5 Å². The molecular weight excluding hydrogens is 308 g/mol. The lowest BCUT2D eigenvalue weighted by molar-refractivity contribution is -0.116. The zero-order chi connectivity index (χ0) is 13.8. The highest BCUT2D eigenvalue weighted by atomic mass is 79.9. The Hall–Kier alpha value is -1.59. The van der Waals surface area contributed by atoms with Crippen LogP contribution in [0.4, 0.5) is 5.69 Å². The third-order valence-corrected chi connectivity index (χ3v) is 3.42. The van der Waals surface area contributed by atoms with Crippen LogP contribution in [0, 0.1) is 0 Å². The van der Waals surface area contributed by atoms with E-state index in [1.807, 2.05) is 24.3 Å². The number of hydrogen-bond acceptors (Lipinski definition) is 2. The maximum absolute atomic E-state index is 11.9. The van der Waals surface area contributed by atoms with Crippen LogP contribution in [0.2, 0.25) is 0 Å². The molecule has 0 bridgehead atoms. The second-order valence-corrected chi connectivity index (χ2v) is 5.18. The molecule has 19 heavy (non-hydrogen) atoms. The van der Waals surface area contributed by atoms with Gasteiger partial charge in [0.2, 0.25) is 5.91 Å². The number of carbonyl (C=O) groups excluding carboxylic acids is 1. The average molecular weight is 323 g/mol. The molecule has 1 unspecified atom stereocenters. The highest BCUT2D eigenvalue weighted by molar-refractivity contribution is 9.10. The van der Waals surface area contributed by atoms with E-state index < -0.39 is 6.10 Å². The van der Waals surface area contributed by atoms with Crippen LogP contribution >= 0.6 is 15.9 Å². The largest absolute Gasteiger partial charge is 0.389 e. The van der Waals surface area contributed by atoms with E-state index in [2.05, 4.69) is 21.2 Å². The number of aliphatic hydroxyl groups excluding tert-OH is 1. The summed E-state index contributed by atoms with van der Waals surface area (Å²) >= 11 is 3.38. The molecular formula is C14H15BrN2O2. The second kappa shape index (κ2) is 6.04. The summed E-state index contributed by atoms with van der Waals surface area (Å²) < 4.78 is 2.59. The van der Waals surface area contributed by atoms with Gasteiger partial charge in [0.15, 0.2) is 0 Å². The van der Waals surface area contributed by atoms with Crippen molar-refractivity contribution in [2.75, 3.05) is 5.32 Å². The van der Waals surface area contributed by atoms with Gasteiger partial charge in [0.05, 0.1) is 11.8 Å². The Balaban J connectivity index is 1.99. The van der Waals surface area contributed by atoms with Gasteiger partial charge in [0.1, 0.15) is 6.54 Å². The standard InChI is InChI=1S/C14H15BrN2O2/c1-10(18)11-6-7-17(8-11)9-14(19)16-13-5-3-2-4-12(13)15/h2-8,10,18H,9H2,1H3,(H,16,19). The molecule has 0 aliphatic carbocycles. The fourth-order valence-corrected chi connectivity index (χ4v) is 2.11. The summed E-state index contributed by atoms with van der Waals surface area (Å²) in [7, 11) is 0. The van der Waals surface area contributed by atoms with E-state index in [0.717, 1.165) is 15.7 Å². The van der Waals surface area contributed by atoms with Crippen LogP contribution in [0.3, 0.4) is 0 Å². The number of nitrogens with one attached hydrogen (secondary N) is 1. The molecule has 0 radical (unpaired) electrons. The van der Waals surface area contributed by atoms with Gasteiger partial charge in [0.25, 0.3) is 0 Å². The number of carbonyl (C=O) groups is 1. The molecule has 0 saturated carbocycles. The molecule has 0 fully saturated rings. The summed E-state index contributed by atoms with van der Waals surface area (Å²) in [5.74, 6) is -0.111. The number of rotatable bonds is 4. The molecule has 1 aromatic carbocycles. The molecule has 4 nitrogen and oxygen atoms in total. The van der Waals surface area contributed by atoms with E-state index in [0.29, 0.717) is 0 Å². The summed E-state index contributed by atoms with van der Waals surface area (Å²) in [6.45, 7) is 1.91. The molecule has 1 heterocycles. The number of amides is 1. The first kappa shape index (κ1) is 13.8. The van der Waals surface area contributed by atoms with Crippen LogP contribution in [0.25, 0.3) is 0 Å². The van der Waals surface area contributed by atoms with Crippen LogP contribution in [-0.2, 0) is 11.3 Å². The Morgan fingerprint density at radius 2 is 2.16 bits per heavy atom. The monoisotopic (exact) mass is 322 g/mol. The zero-order valence-corrected chi connectivity index (χ0v) is 12.1. The van der Waals surface area contributed by atoms with Crippen molar-refractivity contribution in [1.29, 1.82) is 0 Å². The Kier molecular flexibility index (Phi) is 4.39. The summed E-state index contributed by atoms with van der Waals surface area (Å²) in [4.78, 5) is 11.9. The van der Waals surface area contributed by atoms with Crippen LogP contribution in [0.5, 0.6) is 0 Å². The van der Waals surface area contributed by atoms with Gasteiger partial charge in [-0.15, -0.1) is 0 Å². The fraction of sp³-hybridized carbons (Fsp3) is 0.214. The van der Waals surface area contributed by atoms with E-state index in [9.17, 15) is 9.90 Å². The molecule has 2 rings (SSSR count). The van der Waals surface area contributed by atoms with Crippen molar-refractivity contribution < 1.29 is 9.90 Å². The Morgan fingerprint density at radius 1 is 1.42 bits per heavy atom. The smallest absolute Gasteiger partial charge is 0.244 e. The molecule has 0 spiro atoms. The molecule has 2 N–H and O–H groups in total. The van der Waals surface area contributed by atoms with Gasteiger partial charge in [-0.25, -0.2) is 0 Å². The van der Waals surface area contributed by atoms with Crippen LogP contribution < -0.4 is 5.32 Å². The zero-order valence-electron chi connectivity index (χ0n) is 10.5. The van der Waals surface area contributed by atoms with Crippen LogP contribution in [-0.4, -0.2) is 15.6 Å². The molecule has 1 amide bonds. The number of hydrogen-bond donors (Lipinski definition) is 2. The quantitative estimate of drug-likeness (QED) is 0.909. The first-order chi connectivity index (χ1) is 9.06. The Labute approximate surface area is 120 Å². The molecule has 2 aromatic rings. The van der Waals surface area contributed by atoms with E-state index in [1.54, 1.807) is 30.0 Å². The number of halogens is 1. The lowest BCUT2D eigenvalue weighted by atomic mass is 10.2. The van der Waals surface area contributed by atoms with Gasteiger partial charge in [-0.1, -0.05) is 12.1 Å². The van der Waals surface area contributed by atoms with E-state index in [1.165, 1.54) is 0 Å². The second-order valence-electron chi connectivity index (χ2n) is 4.32. The van der Waals surface area contributed by atoms with Gasteiger partial charge in [-0.2, -0.15) is 0 Å². The van der Waals surface area contributed by atoms with Crippen molar-refractivity contribution in [3.05, 3.63) is 52.8 Å². The maximum atomic E-state index is 11.9. The lowest BCUT2D eigenvalue weighted by Gasteiger charge is -2.07. The number of aliphatic hydroxyl groups is 1. The molecule has 1 aromatic heterocycles.